The number of aromatic amines is 1. The SMILES string of the molecule is CC(C)(C)C(=O)c1cc[nH]c1. The molecular formula is C9H13NO. The highest BCUT2D eigenvalue weighted by Crippen LogP contribution is 2.19. The van der Waals surface area contributed by atoms with Crippen LogP contribution >= 0.6 is 0 Å². The van der Waals surface area contributed by atoms with Crippen LogP contribution in [0.25, 0.3) is 0 Å². The third kappa shape index (κ3) is 1.70. The van der Waals surface area contributed by atoms with Gasteiger partial charge in [0.05, 0.1) is 0 Å². The molecule has 0 aliphatic carbocycles. The van der Waals surface area contributed by atoms with Crippen molar-refractivity contribution in [3.05, 3.63) is 24.0 Å². The van der Waals surface area contributed by atoms with E-state index in [9.17, 15) is 4.79 Å². The zero-order chi connectivity index (χ0) is 8.48. The lowest BCUT2D eigenvalue weighted by molar-refractivity contribution is 0.0858. The van der Waals surface area contributed by atoms with Crippen molar-refractivity contribution in [2.45, 2.75) is 20.8 Å². The van der Waals surface area contributed by atoms with Crippen molar-refractivity contribution < 1.29 is 4.79 Å². The topological polar surface area (TPSA) is 32.9 Å². The molecule has 2 nitrogen and oxygen atoms in total. The Morgan fingerprint density at radius 2 is 2.09 bits per heavy atom. The fraction of sp³-hybridized carbons (Fsp3) is 0.444. The van der Waals surface area contributed by atoms with Crippen LogP contribution in [-0.2, 0) is 0 Å². The van der Waals surface area contributed by atoms with Crippen LogP contribution in [0.5, 0.6) is 0 Å². The summed E-state index contributed by atoms with van der Waals surface area (Å²) in [7, 11) is 0. The Kier molecular flexibility index (Phi) is 1.85. The molecule has 0 saturated heterocycles. The fourth-order valence-electron chi connectivity index (χ4n) is 0.898. The zero-order valence-electron chi connectivity index (χ0n) is 7.14. The number of carbonyl (C=O) groups excluding carboxylic acids is 1. The molecule has 11 heavy (non-hydrogen) atoms. The number of hydrogen-bond acceptors (Lipinski definition) is 1. The molecule has 1 aromatic heterocycles. The van der Waals surface area contributed by atoms with Crippen LogP contribution in [0.3, 0.4) is 0 Å². The van der Waals surface area contributed by atoms with Gasteiger partial charge in [-0.05, 0) is 6.07 Å². The molecule has 0 aliphatic rings. The molecule has 0 bridgehead atoms. The molecule has 0 spiro atoms. The van der Waals surface area contributed by atoms with Crippen molar-refractivity contribution >= 4 is 5.78 Å². The summed E-state index contributed by atoms with van der Waals surface area (Å²) in [5, 5.41) is 0. The third-order valence-electron chi connectivity index (χ3n) is 1.54. The summed E-state index contributed by atoms with van der Waals surface area (Å²) in [6.45, 7) is 5.76. The van der Waals surface area contributed by atoms with Gasteiger partial charge in [-0.3, -0.25) is 4.79 Å². The number of carbonyl (C=O) groups is 1. The maximum absolute atomic E-state index is 11.5. The molecule has 0 saturated carbocycles. The number of ketones is 1. The number of rotatable bonds is 1. The normalized spacial score (nSPS) is 11.5. The van der Waals surface area contributed by atoms with Gasteiger partial charge in [-0.2, -0.15) is 0 Å². The Morgan fingerprint density at radius 1 is 1.45 bits per heavy atom. The van der Waals surface area contributed by atoms with E-state index in [1.807, 2.05) is 20.8 Å². The number of aromatic nitrogens is 1. The number of H-pyrrole nitrogens is 1. The molecule has 0 atom stereocenters. The average molecular weight is 151 g/mol. The largest absolute Gasteiger partial charge is 0.367 e. The van der Waals surface area contributed by atoms with Gasteiger partial charge >= 0.3 is 0 Å². The molecule has 0 aliphatic heterocycles. The molecule has 0 amide bonds. The quantitative estimate of drug-likeness (QED) is 0.613. The van der Waals surface area contributed by atoms with Crippen molar-refractivity contribution in [3.63, 3.8) is 0 Å². The van der Waals surface area contributed by atoms with Gasteiger partial charge in [-0.1, -0.05) is 20.8 Å². The molecule has 0 radical (unpaired) electrons. The molecule has 60 valence electrons. The summed E-state index contributed by atoms with van der Waals surface area (Å²) in [6.07, 6.45) is 3.49. The predicted octanol–water partition coefficient (Wildman–Crippen LogP) is 2.24. The number of nitrogens with one attached hydrogen (secondary N) is 1. The molecule has 1 rings (SSSR count). The molecule has 1 heterocycles. The van der Waals surface area contributed by atoms with E-state index in [4.69, 9.17) is 0 Å². The molecule has 2 heteroatoms. The highest BCUT2D eigenvalue weighted by Gasteiger charge is 2.22. The van der Waals surface area contributed by atoms with Gasteiger partial charge in [-0.15, -0.1) is 0 Å². The number of Topliss-reactive ketones (excluding diaryl/α,β-unsaturated/α-hetero) is 1. The zero-order valence-corrected chi connectivity index (χ0v) is 7.14. The smallest absolute Gasteiger partial charge is 0.169 e. The minimum Gasteiger partial charge on any atom is -0.367 e. The van der Waals surface area contributed by atoms with Crippen molar-refractivity contribution in [1.82, 2.24) is 4.98 Å². The third-order valence-corrected chi connectivity index (χ3v) is 1.54. The first kappa shape index (κ1) is 8.05. The van der Waals surface area contributed by atoms with E-state index in [0.717, 1.165) is 5.56 Å². The van der Waals surface area contributed by atoms with E-state index >= 15 is 0 Å². The predicted molar refractivity (Wildman–Crippen MR) is 44.6 cm³/mol. The van der Waals surface area contributed by atoms with Gasteiger partial charge in [0, 0.05) is 23.4 Å². The summed E-state index contributed by atoms with van der Waals surface area (Å²) in [4.78, 5) is 14.4. The van der Waals surface area contributed by atoms with E-state index in [-0.39, 0.29) is 11.2 Å². The second-order valence-corrected chi connectivity index (χ2v) is 3.68. The summed E-state index contributed by atoms with van der Waals surface area (Å²) in [6, 6.07) is 1.80. The number of hydrogen-bond donors (Lipinski definition) is 1. The molecule has 0 unspecified atom stereocenters. The molecular weight excluding hydrogens is 138 g/mol. The second kappa shape index (κ2) is 2.53. The van der Waals surface area contributed by atoms with Crippen LogP contribution in [0.15, 0.2) is 18.5 Å². The Labute approximate surface area is 66.6 Å². The summed E-state index contributed by atoms with van der Waals surface area (Å²) >= 11 is 0. The van der Waals surface area contributed by atoms with Gasteiger partial charge in [0.15, 0.2) is 5.78 Å². The fourth-order valence-corrected chi connectivity index (χ4v) is 0.898. The first-order chi connectivity index (χ1) is 5.02. The van der Waals surface area contributed by atoms with Crippen LogP contribution in [0.1, 0.15) is 31.1 Å². The lowest BCUT2D eigenvalue weighted by Gasteiger charge is -2.14. The Bertz CT molecular complexity index is 241. The maximum atomic E-state index is 11.5. The minimum atomic E-state index is -0.276. The Balaban J connectivity index is 2.88. The van der Waals surface area contributed by atoms with E-state index in [2.05, 4.69) is 4.98 Å². The first-order valence-corrected chi connectivity index (χ1v) is 3.69. The summed E-state index contributed by atoms with van der Waals surface area (Å²) in [5.74, 6) is 0.179. The van der Waals surface area contributed by atoms with Gasteiger partial charge in [0.25, 0.3) is 0 Å². The lowest BCUT2D eigenvalue weighted by atomic mass is 9.88. The van der Waals surface area contributed by atoms with Crippen molar-refractivity contribution in [2.24, 2.45) is 5.41 Å². The summed E-state index contributed by atoms with van der Waals surface area (Å²) < 4.78 is 0. The summed E-state index contributed by atoms with van der Waals surface area (Å²) in [5.41, 5.74) is 0.486. The highest BCUT2D eigenvalue weighted by molar-refractivity contribution is 5.99. The van der Waals surface area contributed by atoms with E-state index in [1.54, 1.807) is 18.5 Å². The Morgan fingerprint density at radius 3 is 2.45 bits per heavy atom. The van der Waals surface area contributed by atoms with Gasteiger partial charge in [0.2, 0.25) is 0 Å². The van der Waals surface area contributed by atoms with Crippen LogP contribution < -0.4 is 0 Å². The second-order valence-electron chi connectivity index (χ2n) is 3.68. The standard InChI is InChI=1S/C9H13NO/c1-9(2,3)8(11)7-4-5-10-6-7/h4-6,10H,1-3H3. The monoisotopic (exact) mass is 151 g/mol. The highest BCUT2D eigenvalue weighted by atomic mass is 16.1. The van der Waals surface area contributed by atoms with Crippen molar-refractivity contribution in [1.29, 1.82) is 0 Å². The van der Waals surface area contributed by atoms with E-state index in [0.29, 0.717) is 0 Å². The first-order valence-electron chi connectivity index (χ1n) is 3.69. The van der Waals surface area contributed by atoms with Gasteiger partial charge < -0.3 is 4.98 Å². The van der Waals surface area contributed by atoms with E-state index in [1.165, 1.54) is 0 Å². The van der Waals surface area contributed by atoms with Gasteiger partial charge in [-0.25, -0.2) is 0 Å². The molecule has 0 fully saturated rings. The van der Waals surface area contributed by atoms with Gasteiger partial charge in [0.1, 0.15) is 0 Å². The van der Waals surface area contributed by atoms with E-state index < -0.39 is 0 Å². The Hall–Kier alpha value is -1.05. The lowest BCUT2D eigenvalue weighted by Crippen LogP contribution is -2.19. The van der Waals surface area contributed by atoms with Crippen LogP contribution in [0.4, 0.5) is 0 Å². The maximum Gasteiger partial charge on any atom is 0.169 e. The van der Waals surface area contributed by atoms with Crippen molar-refractivity contribution in [3.8, 4) is 0 Å². The molecule has 1 N–H and O–H groups in total. The van der Waals surface area contributed by atoms with Crippen LogP contribution in [0, 0.1) is 5.41 Å². The van der Waals surface area contributed by atoms with Crippen LogP contribution in [-0.4, -0.2) is 10.8 Å². The minimum absolute atomic E-state index is 0.179. The molecule has 1 aromatic rings. The average Bonchev–Trinajstić information content (AvgIpc) is 2.34. The van der Waals surface area contributed by atoms with Crippen LogP contribution in [0.2, 0.25) is 0 Å². The van der Waals surface area contributed by atoms with Crippen molar-refractivity contribution in [2.75, 3.05) is 0 Å². The molecule has 0 aromatic carbocycles.